The van der Waals surface area contributed by atoms with Crippen LogP contribution in [0.5, 0.6) is 5.75 Å². The summed E-state index contributed by atoms with van der Waals surface area (Å²) in [6.45, 7) is 1.90. The van der Waals surface area contributed by atoms with Gasteiger partial charge in [0.15, 0.2) is 0 Å². The molecule has 0 fully saturated rings. The van der Waals surface area contributed by atoms with Crippen molar-refractivity contribution in [3.05, 3.63) is 53.6 Å². The van der Waals surface area contributed by atoms with Gasteiger partial charge in [-0.1, -0.05) is 18.2 Å². The molecule has 0 bridgehead atoms. The molecule has 0 radical (unpaired) electrons. The van der Waals surface area contributed by atoms with Crippen molar-refractivity contribution in [2.45, 2.75) is 13.0 Å². The van der Waals surface area contributed by atoms with Gasteiger partial charge in [-0.3, -0.25) is 0 Å². The van der Waals surface area contributed by atoms with E-state index in [0.717, 1.165) is 30.9 Å². The van der Waals surface area contributed by atoms with Crippen LogP contribution in [0.4, 0.5) is 11.4 Å². The Hall–Kier alpha value is -2.00. The van der Waals surface area contributed by atoms with E-state index >= 15 is 0 Å². The van der Waals surface area contributed by atoms with Gasteiger partial charge >= 0.3 is 0 Å². The molecule has 2 aromatic carbocycles. The summed E-state index contributed by atoms with van der Waals surface area (Å²) in [4.78, 5) is 0. The van der Waals surface area contributed by atoms with Gasteiger partial charge in [-0.25, -0.2) is 0 Å². The molecule has 0 saturated heterocycles. The second kappa shape index (κ2) is 5.33. The maximum atomic E-state index is 5.45. The Morgan fingerprint density at radius 2 is 1.89 bits per heavy atom. The normalized spacial score (nSPS) is 13.7. The van der Waals surface area contributed by atoms with Crippen molar-refractivity contribution in [3.63, 3.8) is 0 Å². The van der Waals surface area contributed by atoms with Gasteiger partial charge in [0.25, 0.3) is 0 Å². The van der Waals surface area contributed by atoms with Crippen molar-refractivity contribution in [3.8, 4) is 5.75 Å². The Labute approximate surface area is 113 Å². The molecule has 19 heavy (non-hydrogen) atoms. The first-order valence-corrected chi connectivity index (χ1v) is 6.60. The first kappa shape index (κ1) is 12.1. The molecule has 3 nitrogen and oxygen atoms in total. The fraction of sp³-hybridized carbons (Fsp3) is 0.250. The molecule has 98 valence electrons. The third kappa shape index (κ3) is 2.42. The van der Waals surface area contributed by atoms with Gasteiger partial charge in [-0.05, 0) is 42.8 Å². The monoisotopic (exact) mass is 254 g/mol. The fourth-order valence-corrected chi connectivity index (χ4v) is 2.56. The molecule has 0 spiro atoms. The minimum Gasteiger partial charge on any atom is -0.496 e. The van der Waals surface area contributed by atoms with E-state index in [1.807, 2.05) is 24.3 Å². The third-order valence-corrected chi connectivity index (χ3v) is 3.51. The average molecular weight is 254 g/mol. The standard InChI is InChI=1S/C16H18N2O/c1-19-16-8-7-15(13-9-10-17-11-14(13)16)18-12-5-3-2-4-6-12/h2-8,17-18H,9-11H2,1H3. The van der Waals surface area contributed by atoms with Crippen LogP contribution < -0.4 is 15.4 Å². The number of hydrogen-bond acceptors (Lipinski definition) is 3. The molecule has 2 aromatic rings. The van der Waals surface area contributed by atoms with Crippen molar-refractivity contribution >= 4 is 11.4 Å². The summed E-state index contributed by atoms with van der Waals surface area (Å²) in [5, 5.41) is 6.90. The third-order valence-electron chi connectivity index (χ3n) is 3.51. The summed E-state index contributed by atoms with van der Waals surface area (Å²) in [6, 6.07) is 14.4. The van der Waals surface area contributed by atoms with Gasteiger partial charge < -0.3 is 15.4 Å². The van der Waals surface area contributed by atoms with Gasteiger partial charge in [-0.2, -0.15) is 0 Å². The molecule has 0 aromatic heterocycles. The highest BCUT2D eigenvalue weighted by Gasteiger charge is 2.17. The largest absolute Gasteiger partial charge is 0.496 e. The number of rotatable bonds is 3. The molecule has 3 heteroatoms. The molecular formula is C16H18N2O. The molecule has 2 N–H and O–H groups in total. The smallest absolute Gasteiger partial charge is 0.123 e. The summed E-state index contributed by atoms with van der Waals surface area (Å²) < 4.78 is 5.45. The van der Waals surface area contributed by atoms with E-state index in [0.29, 0.717) is 0 Å². The minimum absolute atomic E-state index is 0.878. The average Bonchev–Trinajstić information content (AvgIpc) is 2.49. The van der Waals surface area contributed by atoms with Gasteiger partial charge in [0.1, 0.15) is 5.75 Å². The van der Waals surface area contributed by atoms with Crippen molar-refractivity contribution in [2.75, 3.05) is 19.0 Å². The first-order chi connectivity index (χ1) is 9.38. The van der Waals surface area contributed by atoms with Crippen LogP contribution in [-0.2, 0) is 13.0 Å². The number of fused-ring (bicyclic) bond motifs is 1. The van der Waals surface area contributed by atoms with E-state index in [4.69, 9.17) is 4.74 Å². The summed E-state index contributed by atoms with van der Waals surface area (Å²) >= 11 is 0. The SMILES string of the molecule is COc1ccc(Nc2ccccc2)c2c1CNCC2. The maximum absolute atomic E-state index is 5.45. The van der Waals surface area contributed by atoms with Crippen LogP contribution in [0.25, 0.3) is 0 Å². The Kier molecular flexibility index (Phi) is 3.38. The lowest BCUT2D eigenvalue weighted by molar-refractivity contribution is 0.405. The Morgan fingerprint density at radius 1 is 1.05 bits per heavy atom. The number of para-hydroxylation sites is 1. The number of benzene rings is 2. The van der Waals surface area contributed by atoms with E-state index < -0.39 is 0 Å². The molecule has 1 heterocycles. The second-order valence-electron chi connectivity index (χ2n) is 4.69. The fourth-order valence-electron chi connectivity index (χ4n) is 2.56. The highest BCUT2D eigenvalue weighted by molar-refractivity contribution is 5.67. The number of hydrogen-bond donors (Lipinski definition) is 2. The van der Waals surface area contributed by atoms with Crippen molar-refractivity contribution < 1.29 is 4.74 Å². The predicted octanol–water partition coefficient (Wildman–Crippen LogP) is 3.08. The molecule has 0 aliphatic carbocycles. The number of ether oxygens (including phenoxy) is 1. The van der Waals surface area contributed by atoms with Crippen LogP contribution in [0, 0.1) is 0 Å². The molecule has 0 amide bonds. The van der Waals surface area contributed by atoms with Crippen LogP contribution in [0.2, 0.25) is 0 Å². The van der Waals surface area contributed by atoms with E-state index in [1.165, 1.54) is 16.8 Å². The topological polar surface area (TPSA) is 33.3 Å². The molecule has 0 atom stereocenters. The van der Waals surface area contributed by atoms with Gasteiger partial charge in [0.2, 0.25) is 0 Å². The summed E-state index contributed by atoms with van der Waals surface area (Å²) in [7, 11) is 1.73. The second-order valence-corrected chi connectivity index (χ2v) is 4.69. The Bertz CT molecular complexity index is 566. The molecule has 0 saturated carbocycles. The van der Waals surface area contributed by atoms with E-state index in [1.54, 1.807) is 7.11 Å². The van der Waals surface area contributed by atoms with Crippen LogP contribution in [0.3, 0.4) is 0 Å². The van der Waals surface area contributed by atoms with Crippen molar-refractivity contribution in [1.29, 1.82) is 0 Å². The van der Waals surface area contributed by atoms with E-state index in [9.17, 15) is 0 Å². The lowest BCUT2D eigenvalue weighted by atomic mass is 9.97. The van der Waals surface area contributed by atoms with Crippen LogP contribution in [0.1, 0.15) is 11.1 Å². The number of methoxy groups -OCH3 is 1. The summed E-state index contributed by atoms with van der Waals surface area (Å²) in [5.41, 5.74) is 4.94. The van der Waals surface area contributed by atoms with Crippen molar-refractivity contribution in [2.24, 2.45) is 0 Å². The molecular weight excluding hydrogens is 236 g/mol. The van der Waals surface area contributed by atoms with Crippen LogP contribution in [0.15, 0.2) is 42.5 Å². The quantitative estimate of drug-likeness (QED) is 0.883. The van der Waals surface area contributed by atoms with Crippen molar-refractivity contribution in [1.82, 2.24) is 5.32 Å². The molecule has 3 rings (SSSR count). The number of anilines is 2. The lowest BCUT2D eigenvalue weighted by Crippen LogP contribution is -2.24. The van der Waals surface area contributed by atoms with Gasteiger partial charge in [0, 0.05) is 23.5 Å². The highest BCUT2D eigenvalue weighted by atomic mass is 16.5. The minimum atomic E-state index is 0.878. The number of nitrogens with one attached hydrogen (secondary N) is 2. The van der Waals surface area contributed by atoms with Gasteiger partial charge in [0.05, 0.1) is 7.11 Å². The Balaban J connectivity index is 1.98. The first-order valence-electron chi connectivity index (χ1n) is 6.60. The van der Waals surface area contributed by atoms with Crippen LogP contribution >= 0.6 is 0 Å². The molecule has 0 unspecified atom stereocenters. The van der Waals surface area contributed by atoms with Gasteiger partial charge in [-0.15, -0.1) is 0 Å². The zero-order valence-corrected chi connectivity index (χ0v) is 11.1. The molecule has 1 aliphatic rings. The highest BCUT2D eigenvalue weighted by Crippen LogP contribution is 2.32. The lowest BCUT2D eigenvalue weighted by Gasteiger charge is -2.23. The van der Waals surface area contributed by atoms with E-state index in [-0.39, 0.29) is 0 Å². The zero-order valence-electron chi connectivity index (χ0n) is 11.1. The maximum Gasteiger partial charge on any atom is 0.123 e. The summed E-state index contributed by atoms with van der Waals surface area (Å²) in [5.74, 6) is 0.973. The molecule has 1 aliphatic heterocycles. The van der Waals surface area contributed by atoms with Crippen LogP contribution in [-0.4, -0.2) is 13.7 Å². The summed E-state index contributed by atoms with van der Waals surface area (Å²) in [6.07, 6.45) is 1.03. The zero-order chi connectivity index (χ0) is 13.1. The predicted molar refractivity (Wildman–Crippen MR) is 78.1 cm³/mol. The Morgan fingerprint density at radius 3 is 2.68 bits per heavy atom. The van der Waals surface area contributed by atoms with E-state index in [2.05, 4.69) is 28.8 Å².